The average Bonchev–Trinajstić information content (AvgIpc) is 3.04. The fraction of sp³-hybridized carbons (Fsp3) is 0.200. The highest BCUT2D eigenvalue weighted by Gasteiger charge is 2.32. The number of rotatable bonds is 3. The van der Waals surface area contributed by atoms with Gasteiger partial charge in [0.15, 0.2) is 0 Å². The number of para-hydroxylation sites is 1. The minimum absolute atomic E-state index is 0.0251. The molecule has 0 unspecified atom stereocenters. The van der Waals surface area contributed by atoms with Crippen LogP contribution in [0.5, 0.6) is 0 Å². The van der Waals surface area contributed by atoms with Gasteiger partial charge in [-0.05, 0) is 36.8 Å². The minimum Gasteiger partial charge on any atom is -0.459 e. The number of carbonyl (C=O) groups is 2. The molecule has 2 N–H and O–H groups in total. The smallest absolute Gasteiger partial charge is 0.228 e. The van der Waals surface area contributed by atoms with E-state index in [2.05, 4.69) is 10.6 Å². The third kappa shape index (κ3) is 2.94. The Morgan fingerprint density at radius 1 is 1.27 bits per heavy atom. The lowest BCUT2D eigenvalue weighted by Crippen LogP contribution is -2.36. The first-order chi connectivity index (χ1) is 12.5. The molecule has 2 atom stereocenters. The standard InChI is InChI=1S/C20H17FN2O3/c1-11(18-8-12-4-2-3-5-17(12)26-18)22-20(25)15-10-19(24)23-16-9-13(21)6-7-14(15)16/h2-9,11,15H,10H2,1H3,(H,22,25)(H,23,24)/t11-,15+/m0/s1. The van der Waals surface area contributed by atoms with Gasteiger partial charge >= 0.3 is 0 Å². The predicted octanol–water partition coefficient (Wildman–Crippen LogP) is 3.88. The Bertz CT molecular complexity index is 978. The van der Waals surface area contributed by atoms with Crippen molar-refractivity contribution in [2.24, 2.45) is 0 Å². The summed E-state index contributed by atoms with van der Waals surface area (Å²) >= 11 is 0. The van der Waals surface area contributed by atoms with Gasteiger partial charge in [0, 0.05) is 17.5 Å². The van der Waals surface area contributed by atoms with Crippen LogP contribution >= 0.6 is 0 Å². The summed E-state index contributed by atoms with van der Waals surface area (Å²) < 4.78 is 19.2. The van der Waals surface area contributed by atoms with Crippen molar-refractivity contribution in [3.8, 4) is 0 Å². The van der Waals surface area contributed by atoms with Crippen molar-refractivity contribution < 1.29 is 18.4 Å². The summed E-state index contributed by atoms with van der Waals surface area (Å²) in [4.78, 5) is 24.7. The molecule has 2 amide bonds. The third-order valence-corrected chi connectivity index (χ3v) is 4.60. The average molecular weight is 352 g/mol. The molecule has 1 aliphatic heterocycles. The number of hydrogen-bond acceptors (Lipinski definition) is 3. The number of halogens is 1. The zero-order valence-corrected chi connectivity index (χ0v) is 14.1. The van der Waals surface area contributed by atoms with Gasteiger partial charge in [-0.2, -0.15) is 0 Å². The van der Waals surface area contributed by atoms with Crippen LogP contribution in [0.1, 0.15) is 36.6 Å². The molecule has 0 aliphatic carbocycles. The van der Waals surface area contributed by atoms with Crippen LogP contribution in [0, 0.1) is 5.82 Å². The van der Waals surface area contributed by atoms with Crippen LogP contribution in [0.4, 0.5) is 10.1 Å². The lowest BCUT2D eigenvalue weighted by atomic mass is 9.89. The van der Waals surface area contributed by atoms with E-state index < -0.39 is 11.7 Å². The molecule has 0 saturated carbocycles. The molecular weight excluding hydrogens is 335 g/mol. The summed E-state index contributed by atoms with van der Waals surface area (Å²) in [6.07, 6.45) is 0.0251. The number of benzene rings is 2. The van der Waals surface area contributed by atoms with Crippen LogP contribution in [0.15, 0.2) is 52.9 Å². The van der Waals surface area contributed by atoms with E-state index in [4.69, 9.17) is 4.42 Å². The highest BCUT2D eigenvalue weighted by Crippen LogP contribution is 2.33. The highest BCUT2D eigenvalue weighted by atomic mass is 19.1. The van der Waals surface area contributed by atoms with E-state index in [0.29, 0.717) is 17.0 Å². The van der Waals surface area contributed by atoms with Gasteiger partial charge in [-0.15, -0.1) is 0 Å². The maximum atomic E-state index is 13.4. The first kappa shape index (κ1) is 16.3. The zero-order valence-electron chi connectivity index (χ0n) is 14.1. The van der Waals surface area contributed by atoms with Gasteiger partial charge in [-0.3, -0.25) is 9.59 Å². The van der Waals surface area contributed by atoms with E-state index in [9.17, 15) is 14.0 Å². The van der Waals surface area contributed by atoms with Gasteiger partial charge in [-0.25, -0.2) is 4.39 Å². The Hall–Kier alpha value is -3.15. The number of carbonyl (C=O) groups excluding carboxylic acids is 2. The van der Waals surface area contributed by atoms with Crippen molar-refractivity contribution in [1.29, 1.82) is 0 Å². The van der Waals surface area contributed by atoms with Crippen molar-refractivity contribution in [2.75, 3.05) is 5.32 Å². The molecule has 132 valence electrons. The van der Waals surface area contributed by atoms with Gasteiger partial charge in [0.05, 0.1) is 12.0 Å². The number of anilines is 1. The number of amides is 2. The lowest BCUT2D eigenvalue weighted by Gasteiger charge is -2.26. The Morgan fingerprint density at radius 3 is 2.88 bits per heavy atom. The van der Waals surface area contributed by atoms with E-state index >= 15 is 0 Å². The van der Waals surface area contributed by atoms with Crippen LogP contribution in [0.2, 0.25) is 0 Å². The number of furan rings is 1. The predicted molar refractivity (Wildman–Crippen MR) is 95.2 cm³/mol. The second kappa shape index (κ2) is 6.29. The molecule has 0 radical (unpaired) electrons. The molecule has 5 nitrogen and oxygen atoms in total. The van der Waals surface area contributed by atoms with Gasteiger partial charge in [-0.1, -0.05) is 24.3 Å². The van der Waals surface area contributed by atoms with Crippen molar-refractivity contribution in [3.63, 3.8) is 0 Å². The molecule has 3 aromatic rings. The maximum Gasteiger partial charge on any atom is 0.228 e. The van der Waals surface area contributed by atoms with Crippen molar-refractivity contribution in [1.82, 2.24) is 5.32 Å². The molecule has 0 spiro atoms. The van der Waals surface area contributed by atoms with Crippen LogP contribution in [-0.4, -0.2) is 11.8 Å². The van der Waals surface area contributed by atoms with Crippen molar-refractivity contribution in [2.45, 2.75) is 25.3 Å². The fourth-order valence-electron chi connectivity index (χ4n) is 3.27. The Kier molecular flexibility index (Phi) is 3.95. The maximum absolute atomic E-state index is 13.4. The SMILES string of the molecule is C[C@H](NC(=O)[C@@H]1CC(=O)Nc2cc(F)ccc21)c1cc2ccccc2o1. The van der Waals surface area contributed by atoms with E-state index in [1.165, 1.54) is 12.1 Å². The summed E-state index contributed by atoms with van der Waals surface area (Å²) in [5.74, 6) is -1.08. The molecule has 0 fully saturated rings. The van der Waals surface area contributed by atoms with Gasteiger partial charge in [0.2, 0.25) is 11.8 Å². The topological polar surface area (TPSA) is 71.3 Å². The zero-order chi connectivity index (χ0) is 18.3. The molecule has 6 heteroatoms. The monoisotopic (exact) mass is 352 g/mol. The minimum atomic E-state index is -0.661. The number of fused-ring (bicyclic) bond motifs is 2. The summed E-state index contributed by atoms with van der Waals surface area (Å²) in [6.45, 7) is 1.82. The molecule has 1 aliphatic rings. The van der Waals surface area contributed by atoms with Crippen LogP contribution in [0.25, 0.3) is 11.0 Å². The Labute approximate surface area is 149 Å². The van der Waals surface area contributed by atoms with E-state index in [1.54, 1.807) is 6.07 Å². The first-order valence-electron chi connectivity index (χ1n) is 8.39. The lowest BCUT2D eigenvalue weighted by molar-refractivity contribution is -0.126. The molecule has 0 bridgehead atoms. The third-order valence-electron chi connectivity index (χ3n) is 4.60. The van der Waals surface area contributed by atoms with E-state index in [-0.39, 0.29) is 24.3 Å². The first-order valence-corrected chi connectivity index (χ1v) is 8.39. The van der Waals surface area contributed by atoms with E-state index in [0.717, 1.165) is 11.0 Å². The molecule has 4 rings (SSSR count). The van der Waals surface area contributed by atoms with Gasteiger partial charge in [0.1, 0.15) is 17.2 Å². The largest absolute Gasteiger partial charge is 0.459 e. The number of hydrogen-bond donors (Lipinski definition) is 2. The second-order valence-electron chi connectivity index (χ2n) is 6.45. The highest BCUT2D eigenvalue weighted by molar-refractivity contribution is 6.01. The summed E-state index contributed by atoms with van der Waals surface area (Å²) in [6, 6.07) is 13.2. The van der Waals surface area contributed by atoms with Gasteiger partial charge < -0.3 is 15.1 Å². The number of nitrogens with one attached hydrogen (secondary N) is 2. The van der Waals surface area contributed by atoms with Gasteiger partial charge in [0.25, 0.3) is 0 Å². The second-order valence-corrected chi connectivity index (χ2v) is 6.45. The van der Waals surface area contributed by atoms with Crippen LogP contribution < -0.4 is 10.6 Å². The molecule has 1 aromatic heterocycles. The molecule has 26 heavy (non-hydrogen) atoms. The summed E-state index contributed by atoms with van der Waals surface area (Å²) in [7, 11) is 0. The van der Waals surface area contributed by atoms with Crippen LogP contribution in [0.3, 0.4) is 0 Å². The fourth-order valence-corrected chi connectivity index (χ4v) is 3.27. The molecular formula is C20H17FN2O3. The molecule has 2 heterocycles. The van der Waals surface area contributed by atoms with Crippen molar-refractivity contribution >= 4 is 28.5 Å². The molecule has 2 aromatic carbocycles. The summed E-state index contributed by atoms with van der Waals surface area (Å²) in [5, 5.41) is 6.47. The Morgan fingerprint density at radius 2 is 2.08 bits per heavy atom. The Balaban J connectivity index is 1.57. The van der Waals surface area contributed by atoms with Crippen LogP contribution in [-0.2, 0) is 9.59 Å². The quantitative estimate of drug-likeness (QED) is 0.751. The molecule has 0 saturated heterocycles. The normalized spacial score (nSPS) is 17.5. The summed E-state index contributed by atoms with van der Waals surface area (Å²) in [5.41, 5.74) is 1.71. The van der Waals surface area contributed by atoms with E-state index in [1.807, 2.05) is 37.3 Å². The van der Waals surface area contributed by atoms with Crippen molar-refractivity contribution in [3.05, 3.63) is 65.7 Å².